The van der Waals surface area contributed by atoms with Crippen molar-refractivity contribution in [2.24, 2.45) is 0 Å². The Hall–Kier alpha value is -0.580. The number of hydrogen-bond donors (Lipinski definition) is 1. The number of aliphatic hydroxyl groups is 1. The summed E-state index contributed by atoms with van der Waals surface area (Å²) in [5.41, 5.74) is 0.571. The molecule has 2 atom stereocenters. The molecule has 0 aromatic heterocycles. The Bertz CT molecular complexity index is 439. The lowest BCUT2D eigenvalue weighted by atomic mass is 10.1. The SMILES string of the molecule is CC[C@H]([C@H](O)c1ccc(Cl)cc1)S(C)(=O)=O. The summed E-state index contributed by atoms with van der Waals surface area (Å²) in [6, 6.07) is 6.55. The van der Waals surface area contributed by atoms with Gasteiger partial charge < -0.3 is 5.11 Å². The van der Waals surface area contributed by atoms with Crippen molar-refractivity contribution < 1.29 is 13.5 Å². The van der Waals surface area contributed by atoms with Gasteiger partial charge in [-0.25, -0.2) is 8.42 Å². The molecule has 0 saturated carbocycles. The summed E-state index contributed by atoms with van der Waals surface area (Å²) in [6.07, 6.45) is 0.514. The van der Waals surface area contributed by atoms with Crippen molar-refractivity contribution in [3.8, 4) is 0 Å². The highest BCUT2D eigenvalue weighted by Gasteiger charge is 2.28. The maximum Gasteiger partial charge on any atom is 0.153 e. The molecule has 0 aliphatic carbocycles. The van der Waals surface area contributed by atoms with Crippen molar-refractivity contribution in [2.45, 2.75) is 24.7 Å². The zero-order chi connectivity index (χ0) is 12.3. The van der Waals surface area contributed by atoms with E-state index >= 15 is 0 Å². The largest absolute Gasteiger partial charge is 0.387 e. The van der Waals surface area contributed by atoms with E-state index in [0.29, 0.717) is 17.0 Å². The topological polar surface area (TPSA) is 54.4 Å². The molecule has 0 aliphatic rings. The molecule has 0 amide bonds. The number of aliphatic hydroxyl groups excluding tert-OH is 1. The van der Waals surface area contributed by atoms with E-state index in [9.17, 15) is 13.5 Å². The summed E-state index contributed by atoms with van der Waals surface area (Å²) in [6.45, 7) is 1.74. The Balaban J connectivity index is 3.00. The minimum atomic E-state index is -3.26. The van der Waals surface area contributed by atoms with Crippen LogP contribution in [-0.2, 0) is 9.84 Å². The lowest BCUT2D eigenvalue weighted by Gasteiger charge is -2.20. The van der Waals surface area contributed by atoms with Gasteiger partial charge in [-0.05, 0) is 24.1 Å². The fourth-order valence-electron chi connectivity index (χ4n) is 1.63. The molecule has 1 rings (SSSR count). The smallest absolute Gasteiger partial charge is 0.153 e. The molecule has 1 N–H and O–H groups in total. The van der Waals surface area contributed by atoms with E-state index in [2.05, 4.69) is 0 Å². The fourth-order valence-corrected chi connectivity index (χ4v) is 2.99. The molecule has 0 saturated heterocycles. The Morgan fingerprint density at radius 1 is 1.31 bits per heavy atom. The Labute approximate surface area is 101 Å². The molecular weight excluding hydrogens is 248 g/mol. The summed E-state index contributed by atoms with van der Waals surface area (Å²) >= 11 is 5.72. The zero-order valence-corrected chi connectivity index (χ0v) is 10.8. The van der Waals surface area contributed by atoms with Gasteiger partial charge >= 0.3 is 0 Å². The molecule has 0 fully saturated rings. The molecule has 16 heavy (non-hydrogen) atoms. The first kappa shape index (κ1) is 13.5. The second-order valence-electron chi connectivity index (χ2n) is 3.77. The number of benzene rings is 1. The summed E-state index contributed by atoms with van der Waals surface area (Å²) in [5, 5.41) is 9.77. The van der Waals surface area contributed by atoms with Gasteiger partial charge in [0.2, 0.25) is 0 Å². The van der Waals surface area contributed by atoms with Crippen LogP contribution in [0.4, 0.5) is 0 Å². The lowest BCUT2D eigenvalue weighted by molar-refractivity contribution is 0.169. The quantitative estimate of drug-likeness (QED) is 0.905. The third-order valence-corrected chi connectivity index (χ3v) is 4.46. The Morgan fingerprint density at radius 2 is 1.81 bits per heavy atom. The first-order valence-electron chi connectivity index (χ1n) is 4.98. The van der Waals surface area contributed by atoms with Crippen molar-refractivity contribution >= 4 is 21.4 Å². The maximum atomic E-state index is 11.5. The molecule has 0 radical (unpaired) electrons. The maximum absolute atomic E-state index is 11.5. The van der Waals surface area contributed by atoms with Gasteiger partial charge in [0.1, 0.15) is 0 Å². The third kappa shape index (κ3) is 3.20. The molecule has 1 aromatic rings. The van der Waals surface area contributed by atoms with Gasteiger partial charge in [-0.15, -0.1) is 0 Å². The normalized spacial score (nSPS) is 15.8. The fraction of sp³-hybridized carbons (Fsp3) is 0.455. The first-order chi connectivity index (χ1) is 7.36. The summed E-state index contributed by atoms with van der Waals surface area (Å²) in [5.74, 6) is 0. The van der Waals surface area contributed by atoms with Crippen LogP contribution in [-0.4, -0.2) is 25.0 Å². The van der Waals surface area contributed by atoms with Crippen molar-refractivity contribution in [1.82, 2.24) is 0 Å². The summed E-state index contributed by atoms with van der Waals surface area (Å²) in [7, 11) is -3.26. The summed E-state index contributed by atoms with van der Waals surface area (Å²) in [4.78, 5) is 0. The van der Waals surface area contributed by atoms with Crippen molar-refractivity contribution in [2.75, 3.05) is 6.26 Å². The Kier molecular flexibility index (Phi) is 4.35. The monoisotopic (exact) mass is 262 g/mol. The van der Waals surface area contributed by atoms with Gasteiger partial charge in [-0.3, -0.25) is 0 Å². The van der Waals surface area contributed by atoms with Crippen LogP contribution in [0.25, 0.3) is 0 Å². The van der Waals surface area contributed by atoms with E-state index in [4.69, 9.17) is 11.6 Å². The average molecular weight is 263 g/mol. The van der Waals surface area contributed by atoms with Crippen LogP contribution in [0.2, 0.25) is 5.02 Å². The second kappa shape index (κ2) is 5.17. The van der Waals surface area contributed by atoms with Crippen LogP contribution < -0.4 is 0 Å². The molecule has 0 unspecified atom stereocenters. The van der Waals surface area contributed by atoms with E-state index in [-0.39, 0.29) is 0 Å². The molecule has 0 heterocycles. The van der Waals surface area contributed by atoms with Gasteiger partial charge in [-0.1, -0.05) is 30.7 Å². The van der Waals surface area contributed by atoms with Crippen molar-refractivity contribution in [3.05, 3.63) is 34.9 Å². The van der Waals surface area contributed by atoms with Gasteiger partial charge in [0, 0.05) is 11.3 Å². The molecule has 0 spiro atoms. The van der Waals surface area contributed by atoms with Crippen LogP contribution in [0, 0.1) is 0 Å². The molecule has 3 nitrogen and oxygen atoms in total. The minimum Gasteiger partial charge on any atom is -0.387 e. The predicted molar refractivity (Wildman–Crippen MR) is 65.3 cm³/mol. The first-order valence-corrected chi connectivity index (χ1v) is 7.32. The van der Waals surface area contributed by atoms with E-state index in [1.165, 1.54) is 0 Å². The molecule has 90 valence electrons. The van der Waals surface area contributed by atoms with Gasteiger partial charge in [0.05, 0.1) is 11.4 Å². The van der Waals surface area contributed by atoms with Crippen molar-refractivity contribution in [1.29, 1.82) is 0 Å². The number of hydrogen-bond acceptors (Lipinski definition) is 3. The average Bonchev–Trinajstić information content (AvgIpc) is 2.17. The van der Waals surface area contributed by atoms with Gasteiger partial charge in [0.15, 0.2) is 9.84 Å². The molecule has 1 aromatic carbocycles. The van der Waals surface area contributed by atoms with Crippen molar-refractivity contribution in [3.63, 3.8) is 0 Å². The van der Waals surface area contributed by atoms with Gasteiger partial charge in [0.25, 0.3) is 0 Å². The van der Waals surface area contributed by atoms with Crippen LogP contribution >= 0.6 is 11.6 Å². The highest BCUT2D eigenvalue weighted by atomic mass is 35.5. The second-order valence-corrected chi connectivity index (χ2v) is 6.47. The highest BCUT2D eigenvalue weighted by Crippen LogP contribution is 2.25. The van der Waals surface area contributed by atoms with Gasteiger partial charge in [-0.2, -0.15) is 0 Å². The van der Waals surface area contributed by atoms with E-state index in [0.717, 1.165) is 6.26 Å². The molecule has 0 bridgehead atoms. The molecule has 0 aliphatic heterocycles. The van der Waals surface area contributed by atoms with E-state index in [1.807, 2.05) is 0 Å². The third-order valence-electron chi connectivity index (χ3n) is 2.52. The van der Waals surface area contributed by atoms with E-state index < -0.39 is 21.2 Å². The van der Waals surface area contributed by atoms with Crippen LogP contribution in [0.3, 0.4) is 0 Å². The molecule has 5 heteroatoms. The number of rotatable bonds is 4. The predicted octanol–water partition coefficient (Wildman–Crippen LogP) is 2.20. The zero-order valence-electron chi connectivity index (χ0n) is 9.22. The van der Waals surface area contributed by atoms with Crippen LogP contribution in [0.5, 0.6) is 0 Å². The number of halogens is 1. The molecular formula is C11H15ClO3S. The number of sulfone groups is 1. The van der Waals surface area contributed by atoms with Crippen LogP contribution in [0.15, 0.2) is 24.3 Å². The van der Waals surface area contributed by atoms with Crippen LogP contribution in [0.1, 0.15) is 25.0 Å². The standard InChI is InChI=1S/C11H15ClO3S/c1-3-10(16(2,14)15)11(13)8-4-6-9(12)7-5-8/h4-7,10-11,13H,3H2,1-2H3/t10-,11-/m1/s1. The highest BCUT2D eigenvalue weighted by molar-refractivity contribution is 7.91. The summed E-state index contributed by atoms with van der Waals surface area (Å²) < 4.78 is 22.9. The minimum absolute atomic E-state index is 0.378. The Morgan fingerprint density at radius 3 is 2.19 bits per heavy atom. The van der Waals surface area contributed by atoms with E-state index in [1.54, 1.807) is 31.2 Å². The lowest BCUT2D eigenvalue weighted by Crippen LogP contribution is -2.26.